The molecule has 2 aliphatic rings. The predicted octanol–water partition coefficient (Wildman–Crippen LogP) is 4.04. The molecule has 1 aromatic carbocycles. The third-order valence-electron chi connectivity index (χ3n) is 5.70. The van der Waals surface area contributed by atoms with Crippen LogP contribution in [0.25, 0.3) is 21.3 Å². The van der Waals surface area contributed by atoms with Gasteiger partial charge in [0.05, 0.1) is 5.39 Å². The SMILES string of the molecule is COCc1nc(N2CCN(CC3CC3)CC2)c2c(-c3ccccc3)csc2n1. The van der Waals surface area contributed by atoms with Crippen molar-refractivity contribution < 1.29 is 4.74 Å². The molecule has 1 aliphatic carbocycles. The molecule has 1 saturated heterocycles. The monoisotopic (exact) mass is 394 g/mol. The van der Waals surface area contributed by atoms with Crippen molar-refractivity contribution in [1.29, 1.82) is 0 Å². The first-order valence-electron chi connectivity index (χ1n) is 10.1. The van der Waals surface area contributed by atoms with Crippen LogP contribution < -0.4 is 4.90 Å². The van der Waals surface area contributed by atoms with E-state index in [-0.39, 0.29) is 0 Å². The topological polar surface area (TPSA) is 41.5 Å². The van der Waals surface area contributed by atoms with E-state index in [1.165, 1.54) is 35.9 Å². The number of rotatable bonds is 6. The van der Waals surface area contributed by atoms with Crippen LogP contribution in [0.1, 0.15) is 18.7 Å². The second-order valence-corrected chi connectivity index (χ2v) is 8.68. The number of anilines is 1. The maximum absolute atomic E-state index is 5.33. The Morgan fingerprint density at radius 3 is 2.57 bits per heavy atom. The molecular formula is C22H26N4OS. The second kappa shape index (κ2) is 7.78. The van der Waals surface area contributed by atoms with Gasteiger partial charge in [0.15, 0.2) is 5.82 Å². The summed E-state index contributed by atoms with van der Waals surface area (Å²) in [4.78, 5) is 15.8. The lowest BCUT2D eigenvalue weighted by molar-refractivity contribution is 0.178. The van der Waals surface area contributed by atoms with Crippen LogP contribution in [0.15, 0.2) is 35.7 Å². The first-order valence-corrected chi connectivity index (χ1v) is 11.0. The van der Waals surface area contributed by atoms with Gasteiger partial charge in [-0.15, -0.1) is 11.3 Å². The summed E-state index contributed by atoms with van der Waals surface area (Å²) >= 11 is 1.70. The molecule has 1 saturated carbocycles. The second-order valence-electron chi connectivity index (χ2n) is 7.82. The van der Waals surface area contributed by atoms with E-state index in [2.05, 4.69) is 45.5 Å². The van der Waals surface area contributed by atoms with Gasteiger partial charge in [0.1, 0.15) is 17.3 Å². The Morgan fingerprint density at radius 1 is 1.07 bits per heavy atom. The molecule has 0 N–H and O–H groups in total. The number of thiophene rings is 1. The van der Waals surface area contributed by atoms with Crippen molar-refractivity contribution in [1.82, 2.24) is 14.9 Å². The highest BCUT2D eigenvalue weighted by Gasteiger charge is 2.28. The van der Waals surface area contributed by atoms with E-state index < -0.39 is 0 Å². The van der Waals surface area contributed by atoms with Crippen molar-refractivity contribution in [2.45, 2.75) is 19.4 Å². The highest BCUT2D eigenvalue weighted by atomic mass is 32.1. The number of hydrogen-bond acceptors (Lipinski definition) is 6. The van der Waals surface area contributed by atoms with Gasteiger partial charge in [0, 0.05) is 50.8 Å². The third-order valence-corrected chi connectivity index (χ3v) is 6.58. The maximum Gasteiger partial charge on any atom is 0.158 e. The predicted molar refractivity (Wildman–Crippen MR) is 115 cm³/mol. The van der Waals surface area contributed by atoms with Gasteiger partial charge in [0.2, 0.25) is 0 Å². The van der Waals surface area contributed by atoms with E-state index in [1.807, 2.05) is 0 Å². The zero-order chi connectivity index (χ0) is 18.9. The van der Waals surface area contributed by atoms with Crippen LogP contribution in [0.5, 0.6) is 0 Å². The summed E-state index contributed by atoms with van der Waals surface area (Å²) in [5, 5.41) is 3.41. The fourth-order valence-corrected chi connectivity index (χ4v) is 4.99. The molecule has 0 unspecified atom stereocenters. The molecule has 0 atom stereocenters. The Kier molecular flexibility index (Phi) is 5.01. The minimum atomic E-state index is 0.448. The van der Waals surface area contributed by atoms with Crippen molar-refractivity contribution in [3.05, 3.63) is 41.5 Å². The van der Waals surface area contributed by atoms with Crippen LogP contribution >= 0.6 is 11.3 Å². The quantitative estimate of drug-likeness (QED) is 0.631. The first-order chi connectivity index (χ1) is 13.8. The smallest absolute Gasteiger partial charge is 0.158 e. The summed E-state index contributed by atoms with van der Waals surface area (Å²) in [7, 11) is 1.70. The largest absolute Gasteiger partial charge is 0.377 e. The van der Waals surface area contributed by atoms with E-state index in [1.54, 1.807) is 18.4 Å². The molecule has 146 valence electrons. The molecular weight excluding hydrogens is 368 g/mol. The number of benzene rings is 1. The van der Waals surface area contributed by atoms with Gasteiger partial charge in [0.25, 0.3) is 0 Å². The first kappa shape index (κ1) is 18.0. The highest BCUT2D eigenvalue weighted by molar-refractivity contribution is 7.17. The fourth-order valence-electron chi connectivity index (χ4n) is 4.03. The lowest BCUT2D eigenvalue weighted by Crippen LogP contribution is -2.47. The summed E-state index contributed by atoms with van der Waals surface area (Å²) in [6.45, 7) is 6.00. The van der Waals surface area contributed by atoms with Crippen molar-refractivity contribution in [2.75, 3.05) is 44.7 Å². The summed E-state index contributed by atoms with van der Waals surface area (Å²) in [6.07, 6.45) is 2.84. The number of ether oxygens (including phenoxy) is 1. The van der Waals surface area contributed by atoms with Crippen LogP contribution in [-0.2, 0) is 11.3 Å². The highest BCUT2D eigenvalue weighted by Crippen LogP contribution is 2.39. The number of fused-ring (bicyclic) bond motifs is 1. The lowest BCUT2D eigenvalue weighted by atomic mass is 10.1. The van der Waals surface area contributed by atoms with E-state index >= 15 is 0 Å². The molecule has 5 nitrogen and oxygen atoms in total. The van der Waals surface area contributed by atoms with Crippen molar-refractivity contribution in [2.24, 2.45) is 5.92 Å². The molecule has 3 aromatic rings. The number of aromatic nitrogens is 2. The van der Waals surface area contributed by atoms with Crippen LogP contribution in [0.3, 0.4) is 0 Å². The van der Waals surface area contributed by atoms with Crippen molar-refractivity contribution in [3.63, 3.8) is 0 Å². The van der Waals surface area contributed by atoms with Crippen LogP contribution in [0.2, 0.25) is 0 Å². The average Bonchev–Trinajstić information content (AvgIpc) is 3.44. The zero-order valence-electron chi connectivity index (χ0n) is 16.3. The molecule has 1 aliphatic heterocycles. The van der Waals surface area contributed by atoms with Gasteiger partial charge >= 0.3 is 0 Å². The Morgan fingerprint density at radius 2 is 1.86 bits per heavy atom. The Bertz CT molecular complexity index is 946. The fraction of sp³-hybridized carbons (Fsp3) is 0.455. The molecule has 6 heteroatoms. The summed E-state index contributed by atoms with van der Waals surface area (Å²) in [5.74, 6) is 2.79. The van der Waals surface area contributed by atoms with Crippen LogP contribution in [0.4, 0.5) is 5.82 Å². The summed E-state index contributed by atoms with van der Waals surface area (Å²) in [6, 6.07) is 10.6. The van der Waals surface area contributed by atoms with Crippen LogP contribution in [0, 0.1) is 5.92 Å². The number of methoxy groups -OCH3 is 1. The van der Waals surface area contributed by atoms with Gasteiger partial charge in [-0.1, -0.05) is 30.3 Å². The van der Waals surface area contributed by atoms with Gasteiger partial charge < -0.3 is 9.64 Å². The van der Waals surface area contributed by atoms with Crippen molar-refractivity contribution in [3.8, 4) is 11.1 Å². The standard InChI is InChI=1S/C22H26N4OS/c1-27-14-19-23-21(26-11-9-25(10-12-26)13-16-7-8-16)20-18(15-28-22(20)24-19)17-5-3-2-4-6-17/h2-6,15-16H,7-14H2,1H3. The number of hydrogen-bond donors (Lipinski definition) is 0. The Labute approximate surface area is 170 Å². The van der Waals surface area contributed by atoms with Crippen LogP contribution in [-0.4, -0.2) is 54.7 Å². The van der Waals surface area contributed by atoms with E-state index in [0.29, 0.717) is 6.61 Å². The maximum atomic E-state index is 5.33. The Balaban J connectivity index is 1.51. The summed E-state index contributed by atoms with van der Waals surface area (Å²) in [5.41, 5.74) is 2.46. The summed E-state index contributed by atoms with van der Waals surface area (Å²) < 4.78 is 5.33. The third kappa shape index (κ3) is 3.64. The normalized spacial score (nSPS) is 18.1. The van der Waals surface area contributed by atoms with Gasteiger partial charge in [-0.3, -0.25) is 4.90 Å². The molecule has 0 spiro atoms. The molecule has 28 heavy (non-hydrogen) atoms. The van der Waals surface area contributed by atoms with E-state index in [4.69, 9.17) is 14.7 Å². The van der Waals surface area contributed by atoms with E-state index in [9.17, 15) is 0 Å². The zero-order valence-corrected chi connectivity index (χ0v) is 17.1. The van der Waals surface area contributed by atoms with E-state index in [0.717, 1.165) is 48.6 Å². The van der Waals surface area contributed by atoms with Gasteiger partial charge in [-0.2, -0.15) is 0 Å². The number of nitrogens with zero attached hydrogens (tertiary/aromatic N) is 4. The molecule has 2 fully saturated rings. The molecule has 5 rings (SSSR count). The molecule has 2 aromatic heterocycles. The average molecular weight is 395 g/mol. The lowest BCUT2D eigenvalue weighted by Gasteiger charge is -2.36. The molecule has 0 bridgehead atoms. The minimum absolute atomic E-state index is 0.448. The molecule has 0 amide bonds. The van der Waals surface area contributed by atoms with Crippen molar-refractivity contribution >= 4 is 27.4 Å². The van der Waals surface area contributed by atoms with Gasteiger partial charge in [-0.25, -0.2) is 9.97 Å². The molecule has 0 radical (unpaired) electrons. The minimum Gasteiger partial charge on any atom is -0.377 e. The van der Waals surface area contributed by atoms with Gasteiger partial charge in [-0.05, 0) is 24.3 Å². The Hall–Kier alpha value is -2.02. The molecule has 3 heterocycles. The number of piperazine rings is 1.